The number of piperazine rings is 1. The summed E-state index contributed by atoms with van der Waals surface area (Å²) in [6, 6.07) is 0. The molecule has 0 aromatic carbocycles. The Morgan fingerprint density at radius 1 is 1.30 bits per heavy atom. The molecule has 1 aromatic heterocycles. The van der Waals surface area contributed by atoms with Crippen molar-refractivity contribution in [1.82, 2.24) is 14.9 Å². The second kappa shape index (κ2) is 7.25. The molecule has 3 rings (SSSR count). The molecule has 0 aliphatic carbocycles. The van der Waals surface area contributed by atoms with E-state index in [2.05, 4.69) is 14.9 Å². The minimum Gasteiger partial charge on any atom is -0.381 e. The van der Waals surface area contributed by atoms with Gasteiger partial charge in [0.15, 0.2) is 0 Å². The smallest absolute Gasteiger partial charge is 0.223 e. The summed E-state index contributed by atoms with van der Waals surface area (Å²) in [7, 11) is 0. The lowest BCUT2D eigenvalue weighted by Crippen LogP contribution is -2.49. The van der Waals surface area contributed by atoms with Gasteiger partial charge in [-0.15, -0.1) is 0 Å². The van der Waals surface area contributed by atoms with E-state index in [0.29, 0.717) is 12.3 Å². The number of aryl methyl sites for hydroxylation is 2. The molecule has 2 fully saturated rings. The number of carbonyl (C=O) groups is 1. The van der Waals surface area contributed by atoms with Crippen molar-refractivity contribution < 1.29 is 9.53 Å². The van der Waals surface area contributed by atoms with E-state index in [1.807, 2.05) is 18.7 Å². The Morgan fingerprint density at radius 3 is 2.78 bits per heavy atom. The summed E-state index contributed by atoms with van der Waals surface area (Å²) >= 11 is 0. The summed E-state index contributed by atoms with van der Waals surface area (Å²) in [6.07, 6.45) is 4.62. The van der Waals surface area contributed by atoms with Gasteiger partial charge in [-0.25, -0.2) is 4.98 Å². The van der Waals surface area contributed by atoms with Crippen LogP contribution in [0.3, 0.4) is 0 Å². The maximum Gasteiger partial charge on any atom is 0.223 e. The fraction of sp³-hybridized carbons (Fsp3) is 0.706. The first-order valence-corrected chi connectivity index (χ1v) is 8.54. The predicted octanol–water partition coefficient (Wildman–Crippen LogP) is 1.56. The first-order chi connectivity index (χ1) is 11.1. The SMILES string of the molecule is Cc1cnc(C)c(N2CCN(C(=O)C[C@H]3CCCOC3)CC2)n1. The molecule has 2 aliphatic heterocycles. The third-order valence-electron chi connectivity index (χ3n) is 4.70. The summed E-state index contributed by atoms with van der Waals surface area (Å²) in [5.41, 5.74) is 1.89. The zero-order chi connectivity index (χ0) is 16.2. The van der Waals surface area contributed by atoms with Crippen LogP contribution in [0.4, 0.5) is 5.82 Å². The Labute approximate surface area is 137 Å². The van der Waals surface area contributed by atoms with Crippen molar-refractivity contribution in [3.05, 3.63) is 17.6 Å². The van der Waals surface area contributed by atoms with Crippen molar-refractivity contribution in [2.45, 2.75) is 33.1 Å². The highest BCUT2D eigenvalue weighted by atomic mass is 16.5. The largest absolute Gasteiger partial charge is 0.381 e. The van der Waals surface area contributed by atoms with Gasteiger partial charge in [0, 0.05) is 52.0 Å². The van der Waals surface area contributed by atoms with Crippen molar-refractivity contribution in [3.63, 3.8) is 0 Å². The average Bonchev–Trinajstić information content (AvgIpc) is 2.58. The molecule has 0 bridgehead atoms. The molecular formula is C17H26N4O2. The quantitative estimate of drug-likeness (QED) is 0.846. The van der Waals surface area contributed by atoms with Gasteiger partial charge in [0.05, 0.1) is 11.4 Å². The lowest BCUT2D eigenvalue weighted by molar-refractivity contribution is -0.133. The Balaban J connectivity index is 1.53. The molecule has 0 N–H and O–H groups in total. The molecule has 0 spiro atoms. The van der Waals surface area contributed by atoms with Crippen LogP contribution in [0, 0.1) is 19.8 Å². The van der Waals surface area contributed by atoms with Gasteiger partial charge in [-0.1, -0.05) is 0 Å². The highest BCUT2D eigenvalue weighted by Crippen LogP contribution is 2.21. The Kier molecular flexibility index (Phi) is 5.10. The number of carbonyl (C=O) groups excluding carboxylic acids is 1. The molecule has 1 amide bonds. The van der Waals surface area contributed by atoms with Crippen LogP contribution in [0.2, 0.25) is 0 Å². The highest BCUT2D eigenvalue weighted by molar-refractivity contribution is 5.76. The van der Waals surface area contributed by atoms with Crippen LogP contribution in [0.25, 0.3) is 0 Å². The molecular weight excluding hydrogens is 292 g/mol. The topological polar surface area (TPSA) is 58.6 Å². The van der Waals surface area contributed by atoms with Crippen LogP contribution in [0.1, 0.15) is 30.7 Å². The number of anilines is 1. The zero-order valence-corrected chi connectivity index (χ0v) is 14.1. The monoisotopic (exact) mass is 318 g/mol. The lowest BCUT2D eigenvalue weighted by atomic mass is 9.98. The van der Waals surface area contributed by atoms with E-state index in [9.17, 15) is 4.79 Å². The van der Waals surface area contributed by atoms with Gasteiger partial charge in [0.1, 0.15) is 5.82 Å². The standard InChI is InChI=1S/C17H26N4O2/c1-13-11-18-14(2)17(19-13)21-7-5-20(6-8-21)16(22)10-15-4-3-9-23-12-15/h11,15H,3-10,12H2,1-2H3/t15-/m1/s1. The molecule has 126 valence electrons. The van der Waals surface area contributed by atoms with Crippen LogP contribution in [-0.2, 0) is 9.53 Å². The van der Waals surface area contributed by atoms with Gasteiger partial charge in [0.25, 0.3) is 0 Å². The summed E-state index contributed by atoms with van der Waals surface area (Å²) in [5.74, 6) is 1.63. The van der Waals surface area contributed by atoms with Crippen LogP contribution >= 0.6 is 0 Å². The van der Waals surface area contributed by atoms with Gasteiger partial charge in [-0.3, -0.25) is 9.78 Å². The fourth-order valence-electron chi connectivity index (χ4n) is 3.34. The number of aromatic nitrogens is 2. The maximum absolute atomic E-state index is 12.5. The number of rotatable bonds is 3. The summed E-state index contributed by atoms with van der Waals surface area (Å²) < 4.78 is 5.48. The van der Waals surface area contributed by atoms with Crippen LogP contribution in [0.5, 0.6) is 0 Å². The Bertz CT molecular complexity index is 550. The summed E-state index contributed by atoms with van der Waals surface area (Å²) in [4.78, 5) is 25.7. The third kappa shape index (κ3) is 3.99. The second-order valence-corrected chi connectivity index (χ2v) is 6.58. The zero-order valence-electron chi connectivity index (χ0n) is 14.1. The van der Waals surface area contributed by atoms with Crippen molar-refractivity contribution in [2.75, 3.05) is 44.3 Å². The Hall–Kier alpha value is -1.69. The minimum absolute atomic E-state index is 0.271. The number of nitrogens with zero attached hydrogens (tertiary/aromatic N) is 4. The molecule has 2 saturated heterocycles. The molecule has 2 aliphatic rings. The van der Waals surface area contributed by atoms with Gasteiger partial charge >= 0.3 is 0 Å². The first kappa shape index (κ1) is 16.2. The second-order valence-electron chi connectivity index (χ2n) is 6.58. The van der Waals surface area contributed by atoms with Gasteiger partial charge in [-0.05, 0) is 32.6 Å². The maximum atomic E-state index is 12.5. The number of amides is 1. The molecule has 0 saturated carbocycles. The molecule has 23 heavy (non-hydrogen) atoms. The van der Waals surface area contributed by atoms with E-state index in [1.165, 1.54) is 0 Å². The van der Waals surface area contributed by atoms with Gasteiger partial charge in [0.2, 0.25) is 5.91 Å². The molecule has 6 heteroatoms. The van der Waals surface area contributed by atoms with E-state index >= 15 is 0 Å². The molecule has 1 aromatic rings. The number of ether oxygens (including phenoxy) is 1. The first-order valence-electron chi connectivity index (χ1n) is 8.54. The molecule has 1 atom stereocenters. The van der Waals surface area contributed by atoms with E-state index in [4.69, 9.17) is 4.74 Å². The number of hydrogen-bond donors (Lipinski definition) is 0. The molecule has 6 nitrogen and oxygen atoms in total. The Morgan fingerprint density at radius 2 is 2.09 bits per heavy atom. The summed E-state index contributed by atoms with van der Waals surface area (Å²) in [5, 5.41) is 0. The molecule has 0 radical (unpaired) electrons. The van der Waals surface area contributed by atoms with Crippen LogP contribution < -0.4 is 4.90 Å². The van der Waals surface area contributed by atoms with Crippen molar-refractivity contribution in [1.29, 1.82) is 0 Å². The molecule has 0 unspecified atom stereocenters. The van der Waals surface area contributed by atoms with Crippen molar-refractivity contribution in [3.8, 4) is 0 Å². The predicted molar refractivity (Wildman–Crippen MR) is 88.5 cm³/mol. The van der Waals surface area contributed by atoms with Crippen molar-refractivity contribution >= 4 is 11.7 Å². The van der Waals surface area contributed by atoms with Gasteiger partial charge in [-0.2, -0.15) is 0 Å². The molecule has 3 heterocycles. The van der Waals surface area contributed by atoms with E-state index in [0.717, 1.165) is 69.4 Å². The van der Waals surface area contributed by atoms with Gasteiger partial charge < -0.3 is 14.5 Å². The van der Waals surface area contributed by atoms with Crippen LogP contribution in [0.15, 0.2) is 6.20 Å². The average molecular weight is 318 g/mol. The minimum atomic E-state index is 0.271. The lowest BCUT2D eigenvalue weighted by Gasteiger charge is -2.36. The van der Waals surface area contributed by atoms with Crippen LogP contribution in [-0.4, -0.2) is 60.2 Å². The van der Waals surface area contributed by atoms with Crippen molar-refractivity contribution in [2.24, 2.45) is 5.92 Å². The summed E-state index contributed by atoms with van der Waals surface area (Å²) in [6.45, 7) is 8.72. The van der Waals surface area contributed by atoms with E-state index in [1.54, 1.807) is 6.20 Å². The number of hydrogen-bond acceptors (Lipinski definition) is 5. The van der Waals surface area contributed by atoms with E-state index in [-0.39, 0.29) is 5.91 Å². The fourth-order valence-corrected chi connectivity index (χ4v) is 3.34. The van der Waals surface area contributed by atoms with E-state index < -0.39 is 0 Å². The normalized spacial score (nSPS) is 22.3. The third-order valence-corrected chi connectivity index (χ3v) is 4.70. The highest BCUT2D eigenvalue weighted by Gasteiger charge is 2.25.